The Kier molecular flexibility index (Phi) is 7.78. The molecule has 1 fully saturated rings. The van der Waals surface area contributed by atoms with Gasteiger partial charge in [-0.05, 0) is 0 Å². The lowest BCUT2D eigenvalue weighted by molar-refractivity contribution is -0.279. The van der Waals surface area contributed by atoms with Gasteiger partial charge in [-0.2, -0.15) is 0 Å². The van der Waals surface area contributed by atoms with Crippen molar-refractivity contribution in [1.29, 1.82) is 0 Å². The zero-order valence-corrected chi connectivity index (χ0v) is 14.8. The summed E-state index contributed by atoms with van der Waals surface area (Å²) < 4.78 is 26.1. The standard InChI is InChI=1S/C15H23NO9/c1-7(17)16-12-13(23-9(3)19)11(6-22-8(2)18)25-15(21-5)14(12)24-10(4)20/h11-15H,6H2,1-5H3,(H,16,17)/t11-,12-,13-,14-,15-/m1/s1. The van der Waals surface area contributed by atoms with Crippen LogP contribution in [-0.4, -0.2) is 68.2 Å². The first kappa shape index (κ1) is 20.8. The average Bonchev–Trinajstić information content (AvgIpc) is 2.48. The van der Waals surface area contributed by atoms with Crippen LogP contribution in [0.2, 0.25) is 0 Å². The van der Waals surface area contributed by atoms with E-state index in [1.807, 2.05) is 0 Å². The minimum absolute atomic E-state index is 0.240. The smallest absolute Gasteiger partial charge is 0.303 e. The summed E-state index contributed by atoms with van der Waals surface area (Å²) in [5.74, 6) is -2.28. The van der Waals surface area contributed by atoms with Crippen LogP contribution >= 0.6 is 0 Å². The first-order valence-electron chi connectivity index (χ1n) is 7.58. The zero-order chi connectivity index (χ0) is 19.1. The van der Waals surface area contributed by atoms with E-state index in [0.29, 0.717) is 0 Å². The summed E-state index contributed by atoms with van der Waals surface area (Å²) in [5, 5.41) is 2.58. The van der Waals surface area contributed by atoms with Gasteiger partial charge in [-0.3, -0.25) is 19.2 Å². The third kappa shape index (κ3) is 6.31. The Morgan fingerprint density at radius 3 is 1.92 bits per heavy atom. The number of hydrogen-bond acceptors (Lipinski definition) is 9. The lowest BCUT2D eigenvalue weighted by Crippen LogP contribution is -2.66. The van der Waals surface area contributed by atoms with Gasteiger partial charge < -0.3 is 29.0 Å². The van der Waals surface area contributed by atoms with Gasteiger partial charge in [0, 0.05) is 34.8 Å². The van der Waals surface area contributed by atoms with Crippen LogP contribution in [0.3, 0.4) is 0 Å². The van der Waals surface area contributed by atoms with Crippen LogP contribution in [0, 0.1) is 0 Å². The summed E-state index contributed by atoms with van der Waals surface area (Å²) in [7, 11) is 1.32. The van der Waals surface area contributed by atoms with Crippen molar-refractivity contribution >= 4 is 23.8 Å². The summed E-state index contributed by atoms with van der Waals surface area (Å²) >= 11 is 0. The topological polar surface area (TPSA) is 126 Å². The molecule has 1 aliphatic rings. The molecule has 0 saturated carbocycles. The van der Waals surface area contributed by atoms with E-state index < -0.39 is 54.5 Å². The molecule has 0 spiro atoms. The van der Waals surface area contributed by atoms with Gasteiger partial charge >= 0.3 is 17.9 Å². The summed E-state index contributed by atoms with van der Waals surface area (Å²) in [6, 6.07) is -0.954. The van der Waals surface area contributed by atoms with E-state index in [0.717, 1.165) is 0 Å². The van der Waals surface area contributed by atoms with E-state index >= 15 is 0 Å². The van der Waals surface area contributed by atoms with Gasteiger partial charge in [-0.15, -0.1) is 0 Å². The highest BCUT2D eigenvalue weighted by molar-refractivity contribution is 5.74. The van der Waals surface area contributed by atoms with E-state index in [9.17, 15) is 19.2 Å². The van der Waals surface area contributed by atoms with Crippen molar-refractivity contribution < 1.29 is 42.9 Å². The van der Waals surface area contributed by atoms with Crippen molar-refractivity contribution in [3.63, 3.8) is 0 Å². The van der Waals surface area contributed by atoms with Gasteiger partial charge in [0.15, 0.2) is 18.5 Å². The van der Waals surface area contributed by atoms with Crippen LogP contribution in [0.1, 0.15) is 27.7 Å². The second-order valence-corrected chi connectivity index (χ2v) is 5.46. The summed E-state index contributed by atoms with van der Waals surface area (Å²) in [6.07, 6.45) is -4.12. The van der Waals surface area contributed by atoms with Gasteiger partial charge in [0.05, 0.1) is 0 Å². The van der Waals surface area contributed by atoms with Crippen LogP contribution in [0.5, 0.6) is 0 Å². The number of methoxy groups -OCH3 is 1. The molecule has 1 heterocycles. The highest BCUT2D eigenvalue weighted by Crippen LogP contribution is 2.27. The first-order valence-corrected chi connectivity index (χ1v) is 7.58. The van der Waals surface area contributed by atoms with Gasteiger partial charge in [0.2, 0.25) is 5.91 Å². The third-order valence-corrected chi connectivity index (χ3v) is 3.31. The molecule has 0 aliphatic carbocycles. The molecule has 1 rings (SSSR count). The van der Waals surface area contributed by atoms with Crippen LogP contribution in [0.15, 0.2) is 0 Å². The molecule has 10 nitrogen and oxygen atoms in total. The Labute approximate surface area is 145 Å². The summed E-state index contributed by atoms with van der Waals surface area (Å²) in [6.45, 7) is 4.59. The van der Waals surface area contributed by atoms with E-state index in [1.54, 1.807) is 0 Å². The Hall–Kier alpha value is -2.20. The Bertz CT molecular complexity index is 521. The fourth-order valence-electron chi connectivity index (χ4n) is 2.50. The quantitative estimate of drug-likeness (QED) is 0.482. The number of carbonyl (C=O) groups excluding carboxylic acids is 4. The van der Waals surface area contributed by atoms with E-state index in [2.05, 4.69) is 5.32 Å². The van der Waals surface area contributed by atoms with Gasteiger partial charge in [-0.25, -0.2) is 0 Å². The first-order chi connectivity index (χ1) is 11.6. The lowest BCUT2D eigenvalue weighted by atomic mass is 9.95. The predicted octanol–water partition coefficient (Wildman–Crippen LogP) is -0.711. The van der Waals surface area contributed by atoms with Crippen LogP contribution in [0.4, 0.5) is 0 Å². The maximum atomic E-state index is 11.6. The minimum Gasteiger partial charge on any atom is -0.463 e. The normalized spacial score (nSPS) is 28.6. The van der Waals surface area contributed by atoms with Crippen molar-refractivity contribution in [3.8, 4) is 0 Å². The molecule has 1 saturated heterocycles. The molecule has 1 amide bonds. The molecule has 0 aromatic heterocycles. The van der Waals surface area contributed by atoms with Crippen LogP contribution < -0.4 is 5.32 Å². The molecule has 0 aromatic rings. The SMILES string of the molecule is CO[C@@H]1O[C@H](COC(C)=O)[C@@H](OC(C)=O)[C@@H](NC(C)=O)[C@H]1OC(C)=O. The number of hydrogen-bond donors (Lipinski definition) is 1. The molecule has 1 aliphatic heterocycles. The van der Waals surface area contributed by atoms with Gasteiger partial charge in [-0.1, -0.05) is 0 Å². The van der Waals surface area contributed by atoms with Crippen LogP contribution in [-0.2, 0) is 42.9 Å². The van der Waals surface area contributed by atoms with Crippen molar-refractivity contribution in [2.24, 2.45) is 0 Å². The number of amides is 1. The highest BCUT2D eigenvalue weighted by Gasteiger charge is 2.50. The molecular weight excluding hydrogens is 338 g/mol. The Morgan fingerprint density at radius 2 is 1.48 bits per heavy atom. The second kappa shape index (κ2) is 9.33. The molecule has 0 radical (unpaired) electrons. The average molecular weight is 361 g/mol. The fourth-order valence-corrected chi connectivity index (χ4v) is 2.50. The second-order valence-electron chi connectivity index (χ2n) is 5.46. The molecule has 5 atom stereocenters. The zero-order valence-electron chi connectivity index (χ0n) is 14.8. The molecule has 10 heteroatoms. The van der Waals surface area contributed by atoms with Crippen molar-refractivity contribution in [2.45, 2.75) is 58.3 Å². The fraction of sp³-hybridized carbons (Fsp3) is 0.733. The lowest BCUT2D eigenvalue weighted by Gasteiger charge is -2.44. The Morgan fingerprint density at radius 1 is 0.920 bits per heavy atom. The molecule has 0 bridgehead atoms. The highest BCUT2D eigenvalue weighted by atomic mass is 16.7. The molecule has 142 valence electrons. The maximum Gasteiger partial charge on any atom is 0.303 e. The van der Waals surface area contributed by atoms with Gasteiger partial charge in [0.25, 0.3) is 0 Å². The maximum absolute atomic E-state index is 11.6. The molecule has 0 aromatic carbocycles. The summed E-state index contributed by atoms with van der Waals surface area (Å²) in [4.78, 5) is 45.5. The number of ether oxygens (including phenoxy) is 5. The summed E-state index contributed by atoms with van der Waals surface area (Å²) in [5.41, 5.74) is 0. The monoisotopic (exact) mass is 361 g/mol. The number of carbonyl (C=O) groups is 4. The largest absolute Gasteiger partial charge is 0.463 e. The van der Waals surface area contributed by atoms with Crippen molar-refractivity contribution in [3.05, 3.63) is 0 Å². The third-order valence-electron chi connectivity index (χ3n) is 3.31. The van der Waals surface area contributed by atoms with E-state index in [-0.39, 0.29) is 6.61 Å². The molecule has 25 heavy (non-hydrogen) atoms. The van der Waals surface area contributed by atoms with Crippen molar-refractivity contribution in [1.82, 2.24) is 5.32 Å². The van der Waals surface area contributed by atoms with Crippen molar-refractivity contribution in [2.75, 3.05) is 13.7 Å². The number of nitrogens with one attached hydrogen (secondary N) is 1. The van der Waals surface area contributed by atoms with Gasteiger partial charge in [0.1, 0.15) is 18.8 Å². The van der Waals surface area contributed by atoms with E-state index in [1.165, 1.54) is 34.8 Å². The number of esters is 3. The Balaban J connectivity index is 3.18. The molecular formula is C15H23NO9. The predicted molar refractivity (Wildman–Crippen MR) is 81.0 cm³/mol. The van der Waals surface area contributed by atoms with E-state index in [4.69, 9.17) is 23.7 Å². The van der Waals surface area contributed by atoms with Crippen LogP contribution in [0.25, 0.3) is 0 Å². The number of rotatable bonds is 6. The minimum atomic E-state index is -1.07. The molecule has 1 N–H and O–H groups in total. The molecule has 0 unspecified atom stereocenters.